The quantitative estimate of drug-likeness (QED) is 0.846. The molecule has 1 heterocycles. The fourth-order valence-corrected chi connectivity index (χ4v) is 1.90. The van der Waals surface area contributed by atoms with Crippen LogP contribution in [0.5, 0.6) is 0 Å². The van der Waals surface area contributed by atoms with Gasteiger partial charge < -0.3 is 15.5 Å². The zero-order valence-corrected chi connectivity index (χ0v) is 13.6. The number of benzene rings is 1. The van der Waals surface area contributed by atoms with Crippen LogP contribution in [0.2, 0.25) is 5.02 Å². The average molecular weight is 338 g/mol. The zero-order valence-electron chi connectivity index (χ0n) is 12.8. The number of nitrogens with zero attached hydrogens (tertiary/aromatic N) is 3. The van der Waals surface area contributed by atoms with Gasteiger partial charge in [0.15, 0.2) is 0 Å². The Morgan fingerprint density at radius 2 is 2.09 bits per heavy atom. The summed E-state index contributed by atoms with van der Waals surface area (Å²) in [7, 11) is 3.85. The molecule has 23 heavy (non-hydrogen) atoms. The predicted octanol–water partition coefficient (Wildman–Crippen LogP) is 2.30. The summed E-state index contributed by atoms with van der Waals surface area (Å²) in [6.45, 7) is 1.27. The predicted molar refractivity (Wildman–Crippen MR) is 87.6 cm³/mol. The minimum atomic E-state index is -0.493. The highest BCUT2D eigenvalue weighted by Gasteiger charge is 2.08. The van der Waals surface area contributed by atoms with E-state index in [1.807, 2.05) is 19.0 Å². The lowest BCUT2D eigenvalue weighted by molar-refractivity contribution is 0.0945. The van der Waals surface area contributed by atoms with E-state index in [-0.39, 0.29) is 16.6 Å². The van der Waals surface area contributed by atoms with Crippen LogP contribution in [-0.2, 0) is 0 Å². The molecule has 2 rings (SSSR count). The second-order valence-electron chi connectivity index (χ2n) is 5.10. The van der Waals surface area contributed by atoms with Crippen LogP contribution in [0.1, 0.15) is 10.5 Å². The topological polar surface area (TPSA) is 70.2 Å². The van der Waals surface area contributed by atoms with Crippen molar-refractivity contribution in [1.29, 1.82) is 0 Å². The zero-order chi connectivity index (χ0) is 16.8. The Hall–Kier alpha value is -2.25. The standard InChI is InChI=1S/C15H17ClFN5O/c1-22(2)6-5-18-15(23)13-8-20-14(9-19-13)21-10-3-4-12(17)11(16)7-10/h3-4,7-9H,5-6H2,1-2H3,(H,18,23)(H,20,21). The van der Waals surface area contributed by atoms with Gasteiger partial charge in [-0.15, -0.1) is 0 Å². The van der Waals surface area contributed by atoms with Gasteiger partial charge >= 0.3 is 0 Å². The molecule has 0 radical (unpaired) electrons. The van der Waals surface area contributed by atoms with E-state index in [9.17, 15) is 9.18 Å². The Morgan fingerprint density at radius 1 is 1.30 bits per heavy atom. The van der Waals surface area contributed by atoms with Gasteiger partial charge in [0, 0.05) is 18.8 Å². The number of aromatic nitrogens is 2. The third-order valence-corrected chi connectivity index (χ3v) is 3.21. The maximum Gasteiger partial charge on any atom is 0.271 e. The van der Waals surface area contributed by atoms with E-state index in [1.165, 1.54) is 30.6 Å². The lowest BCUT2D eigenvalue weighted by Gasteiger charge is -2.10. The number of hydrogen-bond donors (Lipinski definition) is 2. The van der Waals surface area contributed by atoms with Crippen molar-refractivity contribution in [2.45, 2.75) is 0 Å². The summed E-state index contributed by atoms with van der Waals surface area (Å²) in [5, 5.41) is 5.70. The van der Waals surface area contributed by atoms with Crippen molar-refractivity contribution in [3.63, 3.8) is 0 Å². The largest absolute Gasteiger partial charge is 0.349 e. The summed E-state index contributed by atoms with van der Waals surface area (Å²) in [5.41, 5.74) is 0.806. The molecular formula is C15H17ClFN5O. The van der Waals surface area contributed by atoms with Crippen LogP contribution < -0.4 is 10.6 Å². The first-order valence-electron chi connectivity index (χ1n) is 6.93. The highest BCUT2D eigenvalue weighted by molar-refractivity contribution is 6.31. The molecule has 2 aromatic rings. The molecule has 0 aliphatic heterocycles. The second kappa shape index (κ2) is 7.85. The number of carbonyl (C=O) groups excluding carboxylic acids is 1. The Labute approximate surface area is 138 Å². The molecule has 1 amide bonds. The second-order valence-corrected chi connectivity index (χ2v) is 5.51. The van der Waals surface area contributed by atoms with Gasteiger partial charge in [-0.05, 0) is 32.3 Å². The lowest BCUT2D eigenvalue weighted by atomic mass is 10.3. The minimum Gasteiger partial charge on any atom is -0.349 e. The summed E-state index contributed by atoms with van der Waals surface area (Å²) in [6.07, 6.45) is 2.80. The van der Waals surface area contributed by atoms with E-state index in [1.54, 1.807) is 0 Å². The molecule has 0 aliphatic rings. The SMILES string of the molecule is CN(C)CCNC(=O)c1cnc(Nc2ccc(F)c(Cl)c2)cn1. The van der Waals surface area contributed by atoms with Crippen molar-refractivity contribution in [2.75, 3.05) is 32.5 Å². The van der Waals surface area contributed by atoms with Gasteiger partial charge in [0.25, 0.3) is 5.91 Å². The summed E-state index contributed by atoms with van der Waals surface area (Å²) < 4.78 is 13.1. The maximum absolute atomic E-state index is 13.1. The Balaban J connectivity index is 1.96. The normalized spacial score (nSPS) is 10.7. The third-order valence-electron chi connectivity index (χ3n) is 2.92. The number of nitrogens with one attached hydrogen (secondary N) is 2. The van der Waals surface area contributed by atoms with Crippen molar-refractivity contribution in [1.82, 2.24) is 20.2 Å². The molecule has 0 aliphatic carbocycles. The van der Waals surface area contributed by atoms with Gasteiger partial charge in [0.05, 0.1) is 17.4 Å². The van der Waals surface area contributed by atoms with Crippen molar-refractivity contribution in [3.05, 3.63) is 47.1 Å². The molecule has 2 N–H and O–H groups in total. The number of anilines is 2. The summed E-state index contributed by atoms with van der Waals surface area (Å²) in [4.78, 5) is 22.0. The number of hydrogen-bond acceptors (Lipinski definition) is 5. The van der Waals surface area contributed by atoms with Crippen molar-refractivity contribution < 1.29 is 9.18 Å². The van der Waals surface area contributed by atoms with Gasteiger partial charge in [-0.2, -0.15) is 0 Å². The molecule has 1 aromatic heterocycles. The van der Waals surface area contributed by atoms with Gasteiger partial charge in [0.2, 0.25) is 0 Å². The van der Waals surface area contributed by atoms with E-state index in [0.717, 1.165) is 6.54 Å². The van der Waals surface area contributed by atoms with Gasteiger partial charge in [-0.3, -0.25) is 4.79 Å². The summed E-state index contributed by atoms with van der Waals surface area (Å²) >= 11 is 5.71. The highest BCUT2D eigenvalue weighted by atomic mass is 35.5. The van der Waals surface area contributed by atoms with Gasteiger partial charge in [-0.1, -0.05) is 11.6 Å². The van der Waals surface area contributed by atoms with Crippen LogP contribution in [0.15, 0.2) is 30.6 Å². The molecule has 0 saturated heterocycles. The molecule has 122 valence electrons. The molecule has 1 aromatic carbocycles. The molecule has 8 heteroatoms. The molecule has 6 nitrogen and oxygen atoms in total. The van der Waals surface area contributed by atoms with E-state index in [0.29, 0.717) is 18.1 Å². The van der Waals surface area contributed by atoms with E-state index >= 15 is 0 Å². The monoisotopic (exact) mass is 337 g/mol. The molecule has 0 spiro atoms. The molecular weight excluding hydrogens is 321 g/mol. The minimum absolute atomic E-state index is 0.0137. The fourth-order valence-electron chi connectivity index (χ4n) is 1.72. The number of likely N-dealkylation sites (N-methyl/N-ethyl adjacent to an activating group) is 1. The van der Waals surface area contributed by atoms with Crippen molar-refractivity contribution in [3.8, 4) is 0 Å². The van der Waals surface area contributed by atoms with Crippen molar-refractivity contribution >= 4 is 29.0 Å². The van der Waals surface area contributed by atoms with Crippen LogP contribution in [0.4, 0.5) is 15.9 Å². The average Bonchev–Trinajstić information content (AvgIpc) is 2.51. The Bertz CT molecular complexity index is 678. The van der Waals surface area contributed by atoms with Crippen LogP contribution >= 0.6 is 11.6 Å². The number of halogens is 2. The third kappa shape index (κ3) is 5.15. The van der Waals surface area contributed by atoms with Gasteiger partial charge in [0.1, 0.15) is 17.3 Å². The molecule has 0 bridgehead atoms. The van der Waals surface area contributed by atoms with Crippen molar-refractivity contribution in [2.24, 2.45) is 0 Å². The molecule has 0 fully saturated rings. The first-order chi connectivity index (χ1) is 11.0. The van der Waals surface area contributed by atoms with E-state index in [2.05, 4.69) is 20.6 Å². The molecule has 0 atom stereocenters. The first-order valence-corrected chi connectivity index (χ1v) is 7.30. The van der Waals surface area contributed by atoms with Crippen LogP contribution in [0, 0.1) is 5.82 Å². The summed E-state index contributed by atoms with van der Waals surface area (Å²) in [6, 6.07) is 4.23. The molecule has 0 saturated carbocycles. The maximum atomic E-state index is 13.1. The van der Waals surface area contributed by atoms with E-state index in [4.69, 9.17) is 11.6 Å². The van der Waals surface area contributed by atoms with E-state index < -0.39 is 5.82 Å². The van der Waals surface area contributed by atoms with Gasteiger partial charge in [-0.25, -0.2) is 14.4 Å². The Morgan fingerprint density at radius 3 is 2.70 bits per heavy atom. The number of carbonyl (C=O) groups is 1. The number of amides is 1. The lowest BCUT2D eigenvalue weighted by Crippen LogP contribution is -2.31. The fraction of sp³-hybridized carbons (Fsp3) is 0.267. The van der Waals surface area contributed by atoms with Crippen LogP contribution in [0.3, 0.4) is 0 Å². The number of rotatable bonds is 6. The van der Waals surface area contributed by atoms with Crippen LogP contribution in [-0.4, -0.2) is 48.0 Å². The van der Waals surface area contributed by atoms with Crippen LogP contribution in [0.25, 0.3) is 0 Å². The smallest absolute Gasteiger partial charge is 0.271 e. The highest BCUT2D eigenvalue weighted by Crippen LogP contribution is 2.21. The Kier molecular flexibility index (Phi) is 5.84. The molecule has 0 unspecified atom stereocenters. The first kappa shape index (κ1) is 17.1. The summed E-state index contributed by atoms with van der Waals surface area (Å²) in [5.74, 6) is -0.346.